The molecule has 2 heterocycles. The quantitative estimate of drug-likeness (QED) is 0.0849. The molecule has 1 fully saturated rings. The molecule has 47 heavy (non-hydrogen) atoms. The number of thioether (sulfide) groups is 1. The monoisotopic (exact) mass is 672 g/mol. The first kappa shape index (κ1) is 35.8. The van der Waals surface area contributed by atoms with E-state index in [-0.39, 0.29) is 42.1 Å². The van der Waals surface area contributed by atoms with Crippen molar-refractivity contribution in [2.75, 3.05) is 32.6 Å². The molecule has 0 spiro atoms. The maximum Gasteiger partial charge on any atom is 0.323 e. The van der Waals surface area contributed by atoms with Crippen LogP contribution in [-0.2, 0) is 4.74 Å². The number of nitro benzene ring substituents is 1. The molecule has 3 unspecified atom stereocenters. The van der Waals surface area contributed by atoms with E-state index >= 15 is 0 Å². The number of ether oxygens (including phenoxy) is 4. The lowest BCUT2D eigenvalue weighted by molar-refractivity contribution is -0.386. The molecular formula is C33H41FN4O8S. The van der Waals surface area contributed by atoms with Gasteiger partial charge in [-0.05, 0) is 70.1 Å². The van der Waals surface area contributed by atoms with Crippen molar-refractivity contribution in [1.82, 2.24) is 14.9 Å². The molecule has 0 saturated carbocycles. The fraction of sp³-hybridized carbons (Fsp3) is 0.485. The van der Waals surface area contributed by atoms with Gasteiger partial charge in [-0.1, -0.05) is 6.92 Å². The Labute approximate surface area is 277 Å². The zero-order chi connectivity index (χ0) is 34.1. The van der Waals surface area contributed by atoms with Crippen LogP contribution in [0.4, 0.5) is 10.1 Å². The van der Waals surface area contributed by atoms with Crippen molar-refractivity contribution in [3.63, 3.8) is 0 Å². The lowest BCUT2D eigenvalue weighted by Crippen LogP contribution is -2.43. The van der Waals surface area contributed by atoms with E-state index in [0.29, 0.717) is 43.3 Å². The predicted molar refractivity (Wildman–Crippen MR) is 176 cm³/mol. The summed E-state index contributed by atoms with van der Waals surface area (Å²) in [7, 11) is 1.40. The molecule has 0 aliphatic carbocycles. The Hall–Kier alpha value is -4.01. The minimum absolute atomic E-state index is 0.0248. The van der Waals surface area contributed by atoms with Crippen LogP contribution in [0.3, 0.4) is 0 Å². The molecule has 12 nitrogen and oxygen atoms in total. The third-order valence-electron chi connectivity index (χ3n) is 7.54. The summed E-state index contributed by atoms with van der Waals surface area (Å²) < 4.78 is 36.5. The fourth-order valence-corrected chi connectivity index (χ4v) is 6.48. The highest BCUT2D eigenvalue weighted by molar-refractivity contribution is 7.99. The molecule has 4 atom stereocenters. The third-order valence-corrected chi connectivity index (χ3v) is 8.66. The van der Waals surface area contributed by atoms with Gasteiger partial charge in [-0.3, -0.25) is 14.9 Å². The van der Waals surface area contributed by atoms with Crippen LogP contribution in [-0.4, -0.2) is 87.1 Å². The maximum atomic E-state index is 13.9. The Morgan fingerprint density at radius 2 is 1.96 bits per heavy atom. The van der Waals surface area contributed by atoms with Gasteiger partial charge in [0.2, 0.25) is 11.6 Å². The number of hydrogen-bond donors (Lipinski definition) is 1. The van der Waals surface area contributed by atoms with Crippen LogP contribution < -0.4 is 14.2 Å². The Bertz CT molecular complexity index is 1520. The molecule has 1 amide bonds. The van der Waals surface area contributed by atoms with E-state index in [0.717, 1.165) is 11.3 Å². The van der Waals surface area contributed by atoms with Gasteiger partial charge in [-0.15, -0.1) is 11.8 Å². The largest absolute Gasteiger partial charge is 0.497 e. The number of aryl methyl sites for hydroxylation is 1. The summed E-state index contributed by atoms with van der Waals surface area (Å²) in [5, 5.41) is 22.8. The molecule has 4 rings (SSSR count). The number of carbonyl (C=O) groups is 1. The smallest absolute Gasteiger partial charge is 0.323 e. The first-order chi connectivity index (χ1) is 22.5. The summed E-state index contributed by atoms with van der Waals surface area (Å²) in [4.78, 5) is 35.8. The molecule has 254 valence electrons. The number of β-amino-alcohol motifs (C(OH)–C–C–N with tert-alkyl or cyclic N) is 1. The average molecular weight is 673 g/mol. The summed E-state index contributed by atoms with van der Waals surface area (Å²) in [5.74, 6) is 0.781. The number of aliphatic hydroxyl groups excluding tert-OH is 1. The van der Waals surface area contributed by atoms with Crippen LogP contribution in [0, 0.1) is 22.9 Å². The van der Waals surface area contributed by atoms with Crippen LogP contribution in [0.5, 0.6) is 17.4 Å². The van der Waals surface area contributed by atoms with Gasteiger partial charge in [0.05, 0.1) is 42.6 Å². The average Bonchev–Trinajstić information content (AvgIpc) is 3.43. The second-order valence-electron chi connectivity index (χ2n) is 11.0. The van der Waals surface area contributed by atoms with Crippen molar-refractivity contribution in [1.29, 1.82) is 0 Å². The predicted octanol–water partition coefficient (Wildman–Crippen LogP) is 5.83. The van der Waals surface area contributed by atoms with Gasteiger partial charge in [0.15, 0.2) is 0 Å². The minimum atomic E-state index is -0.783. The number of nitrogens with zero attached hydrogens (tertiary/aromatic N) is 4. The number of halogens is 1. The first-order valence-corrected chi connectivity index (χ1v) is 16.6. The molecule has 0 radical (unpaired) electrons. The lowest BCUT2D eigenvalue weighted by atomic mass is 10.1. The van der Waals surface area contributed by atoms with Crippen molar-refractivity contribution in [2.24, 2.45) is 0 Å². The highest BCUT2D eigenvalue weighted by Gasteiger charge is 2.42. The molecule has 0 bridgehead atoms. The second kappa shape index (κ2) is 16.7. The highest BCUT2D eigenvalue weighted by atomic mass is 32.2. The van der Waals surface area contributed by atoms with E-state index in [1.807, 2.05) is 20.8 Å². The van der Waals surface area contributed by atoms with Gasteiger partial charge < -0.3 is 29.0 Å². The lowest BCUT2D eigenvalue weighted by Gasteiger charge is -2.30. The number of amides is 1. The first-order valence-electron chi connectivity index (χ1n) is 15.5. The van der Waals surface area contributed by atoms with Gasteiger partial charge in [0.25, 0.3) is 5.91 Å². The van der Waals surface area contributed by atoms with E-state index in [9.17, 15) is 24.4 Å². The summed E-state index contributed by atoms with van der Waals surface area (Å²) in [6.45, 7) is 7.98. The number of hydrogen-bond acceptors (Lipinski definition) is 11. The number of nitro groups is 1. The Balaban J connectivity index is 1.46. The Morgan fingerprint density at radius 1 is 1.21 bits per heavy atom. The maximum absolute atomic E-state index is 13.9. The second-order valence-corrected chi connectivity index (χ2v) is 12.4. The van der Waals surface area contributed by atoms with E-state index in [4.69, 9.17) is 18.9 Å². The number of benzene rings is 2. The molecular weight excluding hydrogens is 631 g/mol. The zero-order valence-corrected chi connectivity index (χ0v) is 28.0. The number of aromatic nitrogens is 2. The molecule has 1 saturated heterocycles. The van der Waals surface area contributed by atoms with Crippen LogP contribution in [0.25, 0.3) is 11.3 Å². The Morgan fingerprint density at radius 3 is 2.62 bits per heavy atom. The van der Waals surface area contributed by atoms with E-state index in [1.165, 1.54) is 48.0 Å². The van der Waals surface area contributed by atoms with E-state index in [2.05, 4.69) is 9.97 Å². The van der Waals surface area contributed by atoms with Crippen molar-refractivity contribution in [2.45, 2.75) is 70.6 Å². The van der Waals surface area contributed by atoms with Crippen molar-refractivity contribution in [3.8, 4) is 28.6 Å². The molecule has 14 heteroatoms. The molecule has 3 aromatic rings. The summed E-state index contributed by atoms with van der Waals surface area (Å²) >= 11 is 1.51. The molecule has 1 aliphatic rings. The summed E-state index contributed by atoms with van der Waals surface area (Å²) in [6, 6.07) is 9.93. The van der Waals surface area contributed by atoms with Crippen molar-refractivity contribution < 1.29 is 38.2 Å². The summed E-state index contributed by atoms with van der Waals surface area (Å²) in [6.07, 6.45) is 0.226. The topological polar surface area (TPSA) is 146 Å². The van der Waals surface area contributed by atoms with Gasteiger partial charge in [-0.2, -0.15) is 4.98 Å². The van der Waals surface area contributed by atoms with Crippen LogP contribution in [0.15, 0.2) is 42.5 Å². The molecule has 1 N–H and O–H groups in total. The van der Waals surface area contributed by atoms with Gasteiger partial charge in [0.1, 0.15) is 28.4 Å². The third kappa shape index (κ3) is 9.30. The van der Waals surface area contributed by atoms with Crippen LogP contribution in [0.2, 0.25) is 0 Å². The number of likely N-dealkylation sites (tertiary alicyclic amines) is 1. The minimum Gasteiger partial charge on any atom is -0.497 e. The standard InChI is InChI=1S/C33H41FN4O8S/c1-6-44-33(47-7-2)28-15-24(39)19-37(28)32(40)26-16-25(43-5)17-29(31(26)38(41)42)45-14-8-9-20(3)46-30-18-27(35-21(4)36-30)22-10-12-23(34)13-11-22/h10-13,16-18,20,24,28,33,39H,6-9,14-15,19H2,1-5H3/t20?,24-,28?,33?/m1/s1. The van der Waals surface area contributed by atoms with Crippen molar-refractivity contribution >= 4 is 23.4 Å². The van der Waals surface area contributed by atoms with E-state index < -0.39 is 34.1 Å². The normalized spacial score (nSPS) is 17.3. The van der Waals surface area contributed by atoms with Crippen molar-refractivity contribution in [3.05, 3.63) is 69.8 Å². The molecule has 2 aromatic carbocycles. The number of carbonyl (C=O) groups excluding carboxylic acids is 1. The van der Waals surface area contributed by atoms with Crippen LogP contribution >= 0.6 is 11.8 Å². The van der Waals surface area contributed by atoms with Gasteiger partial charge >= 0.3 is 5.69 Å². The SMILES string of the molecule is CCOC(SCC)C1C[C@@H](O)CN1C(=O)c1cc(OC)cc(OCCCC(C)Oc2cc(-c3ccc(F)cc3)nc(C)n2)c1[N+](=O)[O-]. The number of rotatable bonds is 16. The Kier molecular flexibility index (Phi) is 12.7. The summed E-state index contributed by atoms with van der Waals surface area (Å²) in [5.41, 5.74) is 0.280. The molecule has 1 aromatic heterocycles. The highest BCUT2D eigenvalue weighted by Crippen LogP contribution is 2.39. The number of aliphatic hydroxyl groups is 1. The fourth-order valence-electron chi connectivity index (χ4n) is 5.44. The van der Waals surface area contributed by atoms with Gasteiger partial charge in [-0.25, -0.2) is 9.37 Å². The zero-order valence-electron chi connectivity index (χ0n) is 27.2. The van der Waals surface area contributed by atoms with E-state index in [1.54, 1.807) is 25.1 Å². The van der Waals surface area contributed by atoms with Crippen LogP contribution in [0.1, 0.15) is 56.2 Å². The number of methoxy groups -OCH3 is 1. The van der Waals surface area contributed by atoms with Gasteiger partial charge in [0, 0.05) is 36.9 Å². The molecule has 1 aliphatic heterocycles.